The fourth-order valence-corrected chi connectivity index (χ4v) is 2.35. The lowest BCUT2D eigenvalue weighted by Crippen LogP contribution is -2.51. The summed E-state index contributed by atoms with van der Waals surface area (Å²) >= 11 is 0. The molecule has 0 aromatic carbocycles. The number of nitrogens with one attached hydrogen (secondary N) is 1. The molecular formula is C14H26N2O3. The number of carbonyl (C=O) groups excluding carboxylic acids is 2. The molecule has 1 heterocycles. The fraction of sp³-hybridized carbons (Fsp3) is 0.857. The molecule has 110 valence electrons. The van der Waals surface area contributed by atoms with E-state index in [-0.39, 0.29) is 17.7 Å². The molecule has 1 aliphatic heterocycles. The van der Waals surface area contributed by atoms with Gasteiger partial charge in [0.1, 0.15) is 6.04 Å². The SMILES string of the molecule is COCC1CCCN(C(=O)C(C)NC(=O)C(C)C)C1. The van der Waals surface area contributed by atoms with E-state index < -0.39 is 6.04 Å². The molecule has 0 aromatic rings. The standard InChI is InChI=1S/C14H26N2O3/c1-10(2)13(17)15-11(3)14(18)16-7-5-6-12(8-16)9-19-4/h10-12H,5-9H2,1-4H3,(H,15,17). The number of likely N-dealkylation sites (tertiary alicyclic amines) is 1. The van der Waals surface area contributed by atoms with Crippen LogP contribution in [0.5, 0.6) is 0 Å². The van der Waals surface area contributed by atoms with Crippen LogP contribution in [0, 0.1) is 11.8 Å². The highest BCUT2D eigenvalue weighted by Crippen LogP contribution is 2.17. The van der Waals surface area contributed by atoms with Crippen molar-refractivity contribution in [2.75, 3.05) is 26.8 Å². The first-order valence-electron chi connectivity index (χ1n) is 7.03. The Balaban J connectivity index is 2.49. The zero-order valence-electron chi connectivity index (χ0n) is 12.4. The summed E-state index contributed by atoms with van der Waals surface area (Å²) in [6.07, 6.45) is 2.11. The van der Waals surface area contributed by atoms with Crippen molar-refractivity contribution in [1.82, 2.24) is 10.2 Å². The molecule has 0 bridgehead atoms. The lowest BCUT2D eigenvalue weighted by molar-refractivity contribution is -0.138. The maximum atomic E-state index is 12.3. The molecule has 0 aliphatic carbocycles. The minimum Gasteiger partial charge on any atom is -0.384 e. The molecule has 0 aromatic heterocycles. The quantitative estimate of drug-likeness (QED) is 0.812. The van der Waals surface area contributed by atoms with Gasteiger partial charge in [0.2, 0.25) is 11.8 Å². The lowest BCUT2D eigenvalue weighted by Gasteiger charge is -2.34. The zero-order valence-corrected chi connectivity index (χ0v) is 12.4. The van der Waals surface area contributed by atoms with Gasteiger partial charge in [-0.2, -0.15) is 0 Å². The van der Waals surface area contributed by atoms with Gasteiger partial charge < -0.3 is 15.0 Å². The monoisotopic (exact) mass is 270 g/mol. The van der Waals surface area contributed by atoms with Crippen LogP contribution in [0.2, 0.25) is 0 Å². The smallest absolute Gasteiger partial charge is 0.244 e. The van der Waals surface area contributed by atoms with Crippen molar-refractivity contribution in [2.24, 2.45) is 11.8 Å². The molecule has 5 nitrogen and oxygen atoms in total. The number of amides is 2. The molecule has 0 spiro atoms. The van der Waals surface area contributed by atoms with E-state index in [1.165, 1.54) is 0 Å². The van der Waals surface area contributed by atoms with Gasteiger partial charge in [0, 0.05) is 26.1 Å². The topological polar surface area (TPSA) is 58.6 Å². The summed E-state index contributed by atoms with van der Waals surface area (Å²) in [5, 5.41) is 2.76. The second-order valence-corrected chi connectivity index (χ2v) is 5.63. The summed E-state index contributed by atoms with van der Waals surface area (Å²) in [4.78, 5) is 25.7. The molecule has 1 rings (SSSR count). The van der Waals surface area contributed by atoms with Crippen molar-refractivity contribution >= 4 is 11.8 Å². The lowest BCUT2D eigenvalue weighted by atomic mass is 9.98. The Kier molecular flexibility index (Phi) is 6.28. The zero-order chi connectivity index (χ0) is 14.4. The number of methoxy groups -OCH3 is 1. The summed E-state index contributed by atoms with van der Waals surface area (Å²) in [5.41, 5.74) is 0. The van der Waals surface area contributed by atoms with Crippen molar-refractivity contribution in [3.05, 3.63) is 0 Å². The van der Waals surface area contributed by atoms with Crippen molar-refractivity contribution < 1.29 is 14.3 Å². The predicted molar refractivity (Wildman–Crippen MR) is 73.6 cm³/mol. The second kappa shape index (κ2) is 7.48. The Morgan fingerprint density at radius 1 is 1.37 bits per heavy atom. The molecule has 5 heteroatoms. The van der Waals surface area contributed by atoms with Crippen LogP contribution in [-0.4, -0.2) is 49.6 Å². The maximum absolute atomic E-state index is 12.3. The maximum Gasteiger partial charge on any atom is 0.244 e. The first-order valence-corrected chi connectivity index (χ1v) is 7.03. The van der Waals surface area contributed by atoms with Gasteiger partial charge >= 0.3 is 0 Å². The van der Waals surface area contributed by atoms with Gasteiger partial charge in [-0.3, -0.25) is 9.59 Å². The molecule has 1 aliphatic rings. The van der Waals surface area contributed by atoms with Crippen LogP contribution in [-0.2, 0) is 14.3 Å². The molecule has 2 unspecified atom stereocenters. The van der Waals surface area contributed by atoms with Crippen LogP contribution in [0.3, 0.4) is 0 Å². The van der Waals surface area contributed by atoms with E-state index in [0.29, 0.717) is 12.5 Å². The van der Waals surface area contributed by atoms with Crippen LogP contribution in [0.1, 0.15) is 33.6 Å². The van der Waals surface area contributed by atoms with E-state index in [1.54, 1.807) is 14.0 Å². The number of rotatable bonds is 5. The minimum absolute atomic E-state index is 0.00908. The summed E-state index contributed by atoms with van der Waals surface area (Å²) in [6.45, 7) is 7.60. The molecule has 1 fully saturated rings. The fourth-order valence-electron chi connectivity index (χ4n) is 2.35. The average Bonchev–Trinajstić information content (AvgIpc) is 2.38. The minimum atomic E-state index is -0.448. The number of carbonyl (C=O) groups is 2. The molecule has 2 amide bonds. The summed E-state index contributed by atoms with van der Waals surface area (Å²) in [7, 11) is 1.69. The molecule has 0 saturated carbocycles. The second-order valence-electron chi connectivity index (χ2n) is 5.63. The number of nitrogens with zero attached hydrogens (tertiary/aromatic N) is 1. The summed E-state index contributed by atoms with van der Waals surface area (Å²) < 4.78 is 5.16. The Morgan fingerprint density at radius 3 is 2.63 bits per heavy atom. The van der Waals surface area contributed by atoms with Crippen LogP contribution in [0.25, 0.3) is 0 Å². The first-order chi connectivity index (χ1) is 8.95. The Bertz CT molecular complexity index is 316. The van der Waals surface area contributed by atoms with E-state index in [0.717, 1.165) is 25.9 Å². The normalized spacial score (nSPS) is 21.3. The molecule has 0 radical (unpaired) electrons. The molecule has 1 saturated heterocycles. The van der Waals surface area contributed by atoms with Crippen LogP contribution < -0.4 is 5.32 Å². The average molecular weight is 270 g/mol. The highest BCUT2D eigenvalue weighted by Gasteiger charge is 2.27. The van der Waals surface area contributed by atoms with E-state index in [9.17, 15) is 9.59 Å². The van der Waals surface area contributed by atoms with Crippen molar-refractivity contribution in [3.63, 3.8) is 0 Å². The molecular weight excluding hydrogens is 244 g/mol. The third kappa shape index (κ3) is 4.82. The van der Waals surface area contributed by atoms with Gasteiger partial charge in [0.15, 0.2) is 0 Å². The van der Waals surface area contributed by atoms with Gasteiger partial charge in [0.05, 0.1) is 6.61 Å². The third-order valence-electron chi connectivity index (χ3n) is 3.49. The van der Waals surface area contributed by atoms with Crippen LogP contribution in [0.15, 0.2) is 0 Å². The van der Waals surface area contributed by atoms with Gasteiger partial charge in [0.25, 0.3) is 0 Å². The van der Waals surface area contributed by atoms with E-state index in [2.05, 4.69) is 5.32 Å². The Labute approximate surface area is 115 Å². The van der Waals surface area contributed by atoms with Crippen LogP contribution in [0.4, 0.5) is 0 Å². The summed E-state index contributed by atoms with van der Waals surface area (Å²) in [5.74, 6) is 0.245. The molecule has 19 heavy (non-hydrogen) atoms. The molecule has 1 N–H and O–H groups in total. The van der Waals surface area contributed by atoms with Crippen molar-refractivity contribution in [1.29, 1.82) is 0 Å². The van der Waals surface area contributed by atoms with Crippen molar-refractivity contribution in [3.8, 4) is 0 Å². The first kappa shape index (κ1) is 16.0. The number of hydrogen-bond donors (Lipinski definition) is 1. The van der Waals surface area contributed by atoms with Gasteiger partial charge in [-0.05, 0) is 25.7 Å². The van der Waals surface area contributed by atoms with E-state index in [4.69, 9.17) is 4.74 Å². The van der Waals surface area contributed by atoms with Gasteiger partial charge in [-0.1, -0.05) is 13.8 Å². The number of hydrogen-bond acceptors (Lipinski definition) is 3. The predicted octanol–water partition coefficient (Wildman–Crippen LogP) is 1.03. The van der Waals surface area contributed by atoms with Crippen LogP contribution >= 0.6 is 0 Å². The molecule has 2 atom stereocenters. The highest BCUT2D eigenvalue weighted by atomic mass is 16.5. The Morgan fingerprint density at radius 2 is 2.05 bits per heavy atom. The largest absolute Gasteiger partial charge is 0.384 e. The van der Waals surface area contributed by atoms with Gasteiger partial charge in [-0.25, -0.2) is 0 Å². The number of piperidine rings is 1. The summed E-state index contributed by atoms with van der Waals surface area (Å²) in [6, 6.07) is -0.448. The van der Waals surface area contributed by atoms with E-state index >= 15 is 0 Å². The Hall–Kier alpha value is -1.10. The van der Waals surface area contributed by atoms with Crippen molar-refractivity contribution in [2.45, 2.75) is 39.7 Å². The third-order valence-corrected chi connectivity index (χ3v) is 3.49. The van der Waals surface area contributed by atoms with Gasteiger partial charge in [-0.15, -0.1) is 0 Å². The van der Waals surface area contributed by atoms with E-state index in [1.807, 2.05) is 18.7 Å². The highest BCUT2D eigenvalue weighted by molar-refractivity contribution is 5.88. The number of ether oxygens (including phenoxy) is 1.